The number of β-amino-alcohol motifs (C(OH)–C–C–N with tert-alkyl or cyclic N) is 1. The number of hydrogen-bond acceptors (Lipinski definition) is 14. The van der Waals surface area contributed by atoms with Crippen LogP contribution in [0.5, 0.6) is 5.75 Å². The first kappa shape index (κ1) is 50.1. The normalized spacial score (nSPS) is 21.3. The van der Waals surface area contributed by atoms with Gasteiger partial charge < -0.3 is 30.9 Å². The van der Waals surface area contributed by atoms with Gasteiger partial charge in [-0.1, -0.05) is 61.8 Å². The molecule has 1 saturated carbocycles. The highest BCUT2D eigenvalue weighted by Gasteiger charge is 2.43. The van der Waals surface area contributed by atoms with Crippen molar-refractivity contribution in [3.05, 3.63) is 134 Å². The van der Waals surface area contributed by atoms with Crippen LogP contribution in [0.4, 0.5) is 0 Å². The maximum atomic E-state index is 14.4. The molecule has 6 aromatic rings. The van der Waals surface area contributed by atoms with Crippen LogP contribution in [0.15, 0.2) is 89.9 Å². The van der Waals surface area contributed by atoms with Gasteiger partial charge in [-0.25, -0.2) is 0 Å². The monoisotopic (exact) mass is 1020 g/mol. The fourth-order valence-electron chi connectivity index (χ4n) is 9.69. The Labute approximate surface area is 427 Å². The number of nitrogens with one attached hydrogen (secondary N) is 2. The molecule has 372 valence electrons. The van der Waals surface area contributed by atoms with E-state index < -0.39 is 30.5 Å². The highest BCUT2D eigenvalue weighted by atomic mass is 35.5. The first-order valence-electron chi connectivity index (χ1n) is 24.0. The van der Waals surface area contributed by atoms with E-state index in [-0.39, 0.29) is 55.3 Å². The third-order valence-corrected chi connectivity index (χ3v) is 15.8. The Hall–Kier alpha value is -5.89. The zero-order valence-corrected chi connectivity index (χ0v) is 43.2. The molecule has 2 amide bonds. The van der Waals surface area contributed by atoms with Crippen LogP contribution in [-0.4, -0.2) is 99.2 Å². The Morgan fingerprint density at radius 2 is 1.75 bits per heavy atom. The molecule has 2 aromatic carbocycles. The molecule has 0 spiro atoms. The zero-order chi connectivity index (χ0) is 50.4. The molecule has 0 bridgehead atoms. The highest BCUT2D eigenvalue weighted by molar-refractivity contribution is 7.90. The predicted octanol–water partition coefficient (Wildman–Crippen LogP) is 7.58. The number of amides is 2. The summed E-state index contributed by atoms with van der Waals surface area (Å²) < 4.78 is 10.1. The number of carbonyl (C=O) groups is 2. The minimum Gasteiger partial charge on any atom is -0.490 e. The molecule has 19 heteroatoms. The largest absolute Gasteiger partial charge is 0.490 e. The van der Waals surface area contributed by atoms with Gasteiger partial charge in [-0.3, -0.25) is 34.1 Å². The summed E-state index contributed by atoms with van der Waals surface area (Å²) in [5, 5.41) is 44.0. The first-order valence-corrected chi connectivity index (χ1v) is 25.6. The molecule has 9 rings (SSSR count). The van der Waals surface area contributed by atoms with E-state index in [4.69, 9.17) is 27.1 Å². The number of aliphatic hydroxyl groups excluding tert-OH is 2. The standard InChI is InChI=1S/C52H60ClN11O5S2/c1-26(2)47(51(68)62-25-38(65)20-43(62)50(67)57-29(5)32-8-10-34(11-9-32)48(70)28(4)54)63-24-35(23-56-63)41-21-39(16-17-55-41)69-40-18-37(19-40)58-44(66)22-42-49-61-60-31(7)64(49)52-45(27(3)30(6)71-52)46(59-42)33-12-14-36(53)15-13-33/h8-17,21,23-24,26,29,37-38,40,42-44,47,58,65-66,70H,18-20,22,25,54H2,1-7H3,(H,57,67)/b48-28-/t29-,37-,38+,40-,42-,43-,44?,47+/m0/s1. The molecular formula is C52H60ClN11O5S2. The summed E-state index contributed by atoms with van der Waals surface area (Å²) in [5.74, 6) is 1.24. The van der Waals surface area contributed by atoms with Crippen LogP contribution in [-0.2, 0) is 9.59 Å². The Morgan fingerprint density at radius 1 is 1.01 bits per heavy atom. The van der Waals surface area contributed by atoms with Crippen molar-refractivity contribution in [2.75, 3.05) is 6.54 Å². The summed E-state index contributed by atoms with van der Waals surface area (Å²) in [5.41, 5.74) is 13.5. The highest BCUT2D eigenvalue weighted by Crippen LogP contribution is 2.40. The van der Waals surface area contributed by atoms with E-state index in [1.807, 2.05) is 88.4 Å². The minimum absolute atomic E-state index is 0.0191. The molecule has 2 fully saturated rings. The fraction of sp³-hybridized carbons (Fsp3) is 0.404. The number of halogens is 1. The minimum atomic E-state index is -0.876. The third kappa shape index (κ3) is 10.4. The van der Waals surface area contributed by atoms with Gasteiger partial charge in [-0.15, -0.1) is 34.2 Å². The van der Waals surface area contributed by atoms with Gasteiger partial charge in [0.15, 0.2) is 5.82 Å². The van der Waals surface area contributed by atoms with Crippen molar-refractivity contribution >= 4 is 58.0 Å². The average Bonchev–Trinajstić information content (AvgIpc) is 4.11. The number of thiol groups is 1. The molecule has 16 nitrogen and oxygen atoms in total. The number of allylic oxidation sites excluding steroid dienone is 1. The van der Waals surface area contributed by atoms with E-state index in [1.165, 1.54) is 9.78 Å². The number of benzene rings is 2. The van der Waals surface area contributed by atoms with Crippen LogP contribution < -0.4 is 21.1 Å². The van der Waals surface area contributed by atoms with Crippen molar-refractivity contribution in [2.45, 2.75) is 123 Å². The number of aromatic nitrogens is 6. The number of hydrogen-bond donors (Lipinski definition) is 6. The molecule has 1 saturated heterocycles. The van der Waals surface area contributed by atoms with E-state index in [2.05, 4.69) is 62.0 Å². The number of ether oxygens (including phenoxy) is 1. The Bertz CT molecular complexity index is 2990. The molecule has 6 atom stereocenters. The number of likely N-dealkylation sites (tertiary alicyclic amines) is 1. The van der Waals surface area contributed by atoms with E-state index in [1.54, 1.807) is 41.5 Å². The van der Waals surface area contributed by atoms with Crippen molar-refractivity contribution in [1.82, 2.24) is 45.1 Å². The van der Waals surface area contributed by atoms with Gasteiger partial charge in [0.05, 0.1) is 29.7 Å². The van der Waals surface area contributed by atoms with Crippen LogP contribution in [0.1, 0.15) is 116 Å². The smallest absolute Gasteiger partial charge is 0.248 e. The van der Waals surface area contributed by atoms with E-state index in [9.17, 15) is 19.8 Å². The number of carbonyl (C=O) groups excluding carboxylic acids is 2. The fourth-order valence-corrected chi connectivity index (χ4v) is 11.2. The van der Waals surface area contributed by atoms with Crippen LogP contribution in [0.3, 0.4) is 0 Å². The summed E-state index contributed by atoms with van der Waals surface area (Å²) in [7, 11) is 0. The van der Waals surface area contributed by atoms with Gasteiger partial charge >= 0.3 is 0 Å². The third-order valence-electron chi connectivity index (χ3n) is 13.7. The summed E-state index contributed by atoms with van der Waals surface area (Å²) in [6, 6.07) is 16.6. The lowest BCUT2D eigenvalue weighted by atomic mass is 9.89. The maximum absolute atomic E-state index is 14.4. The molecule has 1 aliphatic carbocycles. The SMILES string of the molecule is C/C(N)=C(/S)c1ccc([C@H](C)NC(=O)[C@@H]2C[C@@H](O)CN2C(=O)[C@@H](C(C)C)n2cc(-c3cc(O[C@H]4C[C@H](NC(O)C[C@@H]5N=C(c6ccc(Cl)cc6)c6c(sc(C)c6C)-n6c(C)nnc65)C4)ccn3)cn2)cc1. The molecule has 4 aromatic heterocycles. The van der Waals surface area contributed by atoms with Crippen molar-refractivity contribution in [1.29, 1.82) is 0 Å². The van der Waals surface area contributed by atoms with Gasteiger partial charge in [-0.05, 0) is 88.3 Å². The zero-order valence-electron chi connectivity index (χ0n) is 40.7. The Morgan fingerprint density at radius 3 is 2.45 bits per heavy atom. The lowest BCUT2D eigenvalue weighted by Gasteiger charge is -2.37. The van der Waals surface area contributed by atoms with Crippen molar-refractivity contribution < 1.29 is 24.5 Å². The lowest BCUT2D eigenvalue weighted by molar-refractivity contribution is -0.142. The van der Waals surface area contributed by atoms with Gasteiger partial charge in [0.1, 0.15) is 47.0 Å². The Kier molecular flexibility index (Phi) is 14.6. The number of rotatable bonds is 15. The maximum Gasteiger partial charge on any atom is 0.248 e. The van der Waals surface area contributed by atoms with Crippen molar-refractivity contribution in [2.24, 2.45) is 16.6 Å². The summed E-state index contributed by atoms with van der Waals surface area (Å²) >= 11 is 12.5. The molecule has 6 heterocycles. The summed E-state index contributed by atoms with van der Waals surface area (Å²) in [4.78, 5) is 41.4. The quantitative estimate of drug-likeness (QED) is 0.0436. The van der Waals surface area contributed by atoms with Crippen LogP contribution in [0.25, 0.3) is 21.2 Å². The molecule has 2 aliphatic heterocycles. The van der Waals surface area contributed by atoms with E-state index >= 15 is 0 Å². The molecule has 6 N–H and O–H groups in total. The van der Waals surface area contributed by atoms with E-state index in [0.29, 0.717) is 51.3 Å². The second-order valence-electron chi connectivity index (χ2n) is 19.3. The lowest BCUT2D eigenvalue weighted by Crippen LogP contribution is -2.50. The van der Waals surface area contributed by atoms with Crippen molar-refractivity contribution in [3.8, 4) is 22.0 Å². The number of nitrogens with two attached hydrogens (primary N) is 1. The number of pyridine rings is 1. The number of nitrogens with zero attached hydrogens (tertiary/aromatic N) is 8. The van der Waals surface area contributed by atoms with Crippen LogP contribution in [0.2, 0.25) is 5.02 Å². The number of fused-ring (bicyclic) bond motifs is 3. The van der Waals surface area contributed by atoms with Crippen LogP contribution >= 0.6 is 35.6 Å². The van der Waals surface area contributed by atoms with E-state index in [0.717, 1.165) is 44.4 Å². The Balaban J connectivity index is 0.821. The van der Waals surface area contributed by atoms with Gasteiger partial charge in [0.2, 0.25) is 11.8 Å². The summed E-state index contributed by atoms with van der Waals surface area (Å²) in [6.07, 6.45) is 5.09. The second kappa shape index (κ2) is 20.7. The molecular weight excluding hydrogens is 958 g/mol. The first-order chi connectivity index (χ1) is 33.9. The molecule has 1 unspecified atom stereocenters. The molecule has 3 aliphatic rings. The topological polar surface area (TPSA) is 211 Å². The average molecular weight is 1020 g/mol. The number of aryl methyl sites for hydroxylation is 2. The van der Waals surface area contributed by atoms with Crippen LogP contribution in [0, 0.1) is 26.7 Å². The van der Waals surface area contributed by atoms with Gasteiger partial charge in [-0.2, -0.15) is 5.10 Å². The number of aliphatic imine (C=N–C) groups is 1. The predicted molar refractivity (Wildman–Crippen MR) is 279 cm³/mol. The van der Waals surface area contributed by atoms with Gasteiger partial charge in [0.25, 0.3) is 0 Å². The van der Waals surface area contributed by atoms with Gasteiger partial charge in [0, 0.05) is 81.1 Å². The molecule has 0 radical (unpaired) electrons. The van der Waals surface area contributed by atoms with Crippen molar-refractivity contribution in [3.63, 3.8) is 0 Å². The second-order valence-corrected chi connectivity index (χ2v) is 21.4. The molecule has 71 heavy (non-hydrogen) atoms. The number of thiophene rings is 1. The summed E-state index contributed by atoms with van der Waals surface area (Å²) in [6.45, 7) is 13.7. The number of aliphatic hydroxyl groups is 2.